The molecule has 0 bridgehead atoms. The van der Waals surface area contributed by atoms with Crippen LogP contribution in [-0.4, -0.2) is 15.9 Å². The summed E-state index contributed by atoms with van der Waals surface area (Å²) in [5.74, 6) is -0.378. The second kappa shape index (κ2) is 5.79. The van der Waals surface area contributed by atoms with Crippen LogP contribution in [0.25, 0.3) is 11.3 Å². The normalized spacial score (nSPS) is 15.0. The van der Waals surface area contributed by atoms with Gasteiger partial charge in [0.05, 0.1) is 11.1 Å². The Kier molecular flexibility index (Phi) is 3.61. The van der Waals surface area contributed by atoms with Gasteiger partial charge >= 0.3 is 0 Å². The van der Waals surface area contributed by atoms with Crippen molar-refractivity contribution in [2.24, 2.45) is 0 Å². The number of pyridine rings is 1. The van der Waals surface area contributed by atoms with E-state index in [2.05, 4.69) is 15.3 Å². The highest BCUT2D eigenvalue weighted by Gasteiger charge is 2.51. The molecular formula is C18H14FN3OS. The number of aromatic nitrogens is 2. The zero-order valence-corrected chi connectivity index (χ0v) is 13.5. The van der Waals surface area contributed by atoms with Crippen LogP contribution in [0.3, 0.4) is 0 Å². The van der Waals surface area contributed by atoms with Crippen molar-refractivity contribution in [3.8, 4) is 11.3 Å². The van der Waals surface area contributed by atoms with Gasteiger partial charge in [0.25, 0.3) is 0 Å². The van der Waals surface area contributed by atoms with Gasteiger partial charge in [0.1, 0.15) is 5.82 Å². The predicted molar refractivity (Wildman–Crippen MR) is 91.3 cm³/mol. The molecule has 1 N–H and O–H groups in total. The Morgan fingerprint density at radius 3 is 2.67 bits per heavy atom. The summed E-state index contributed by atoms with van der Waals surface area (Å²) < 4.78 is 13.1. The molecule has 0 unspecified atom stereocenters. The van der Waals surface area contributed by atoms with E-state index < -0.39 is 5.41 Å². The molecule has 1 aromatic carbocycles. The minimum Gasteiger partial charge on any atom is -0.301 e. The summed E-state index contributed by atoms with van der Waals surface area (Å²) in [7, 11) is 0. The molecule has 120 valence electrons. The summed E-state index contributed by atoms with van der Waals surface area (Å²) in [5.41, 5.74) is 2.00. The monoisotopic (exact) mass is 339 g/mol. The largest absolute Gasteiger partial charge is 0.301 e. The molecule has 4 rings (SSSR count). The van der Waals surface area contributed by atoms with Gasteiger partial charge in [0.2, 0.25) is 5.91 Å². The van der Waals surface area contributed by atoms with Gasteiger partial charge in [-0.05, 0) is 42.7 Å². The van der Waals surface area contributed by atoms with E-state index in [-0.39, 0.29) is 11.7 Å². The first kappa shape index (κ1) is 15.0. The number of hydrogen-bond acceptors (Lipinski definition) is 4. The number of thiazole rings is 1. The van der Waals surface area contributed by atoms with Crippen LogP contribution in [0.4, 0.5) is 9.52 Å². The van der Waals surface area contributed by atoms with Crippen LogP contribution in [0.5, 0.6) is 0 Å². The molecule has 1 aliphatic carbocycles. The molecule has 2 aromatic heterocycles. The molecule has 1 saturated carbocycles. The molecule has 0 aliphatic heterocycles. The fourth-order valence-corrected chi connectivity index (χ4v) is 3.45. The molecule has 4 nitrogen and oxygen atoms in total. The maximum absolute atomic E-state index is 13.1. The van der Waals surface area contributed by atoms with E-state index >= 15 is 0 Å². The lowest BCUT2D eigenvalue weighted by molar-refractivity contribution is -0.118. The van der Waals surface area contributed by atoms with Gasteiger partial charge in [0.15, 0.2) is 5.13 Å². The first-order valence-corrected chi connectivity index (χ1v) is 8.49. The van der Waals surface area contributed by atoms with Crippen LogP contribution < -0.4 is 5.32 Å². The molecule has 24 heavy (non-hydrogen) atoms. The summed E-state index contributed by atoms with van der Waals surface area (Å²) in [6.07, 6.45) is 4.98. The summed E-state index contributed by atoms with van der Waals surface area (Å²) in [6.45, 7) is 0. The van der Waals surface area contributed by atoms with Gasteiger partial charge in [-0.3, -0.25) is 9.78 Å². The number of carbonyl (C=O) groups excluding carboxylic acids is 1. The van der Waals surface area contributed by atoms with Gasteiger partial charge in [0, 0.05) is 23.3 Å². The van der Waals surface area contributed by atoms with Crippen LogP contribution in [0, 0.1) is 5.82 Å². The van der Waals surface area contributed by atoms with Crippen LogP contribution in [0.1, 0.15) is 18.4 Å². The molecule has 0 spiro atoms. The van der Waals surface area contributed by atoms with E-state index in [4.69, 9.17) is 0 Å². The Labute approximate surface area is 142 Å². The number of halogens is 1. The molecule has 3 aromatic rings. The lowest BCUT2D eigenvalue weighted by Crippen LogP contribution is -2.27. The number of hydrogen-bond donors (Lipinski definition) is 1. The van der Waals surface area contributed by atoms with Crippen molar-refractivity contribution in [2.45, 2.75) is 18.3 Å². The summed E-state index contributed by atoms with van der Waals surface area (Å²) >= 11 is 1.38. The van der Waals surface area contributed by atoms with Gasteiger partial charge in [-0.2, -0.15) is 0 Å². The lowest BCUT2D eigenvalue weighted by atomic mass is 9.95. The number of anilines is 1. The van der Waals surface area contributed by atoms with Gasteiger partial charge in [-0.15, -0.1) is 11.3 Å². The van der Waals surface area contributed by atoms with Gasteiger partial charge in [-0.1, -0.05) is 12.1 Å². The minimum absolute atomic E-state index is 0.0822. The van der Waals surface area contributed by atoms with Crippen molar-refractivity contribution in [3.63, 3.8) is 0 Å². The van der Waals surface area contributed by atoms with Crippen molar-refractivity contribution in [1.29, 1.82) is 0 Å². The number of nitrogens with zero attached hydrogens (tertiary/aromatic N) is 2. The topological polar surface area (TPSA) is 54.9 Å². The Morgan fingerprint density at radius 2 is 2.00 bits per heavy atom. The van der Waals surface area contributed by atoms with E-state index in [9.17, 15) is 9.18 Å². The van der Waals surface area contributed by atoms with Gasteiger partial charge in [-0.25, -0.2) is 9.37 Å². The maximum atomic E-state index is 13.1. The van der Waals surface area contributed by atoms with E-state index in [1.165, 1.54) is 23.5 Å². The van der Waals surface area contributed by atoms with Crippen LogP contribution in [0.15, 0.2) is 54.2 Å². The van der Waals surface area contributed by atoms with E-state index in [0.717, 1.165) is 29.7 Å². The molecule has 1 fully saturated rings. The third-order valence-corrected chi connectivity index (χ3v) is 5.02. The zero-order chi connectivity index (χ0) is 16.6. The third kappa shape index (κ3) is 2.69. The van der Waals surface area contributed by atoms with Crippen molar-refractivity contribution in [2.75, 3.05) is 5.32 Å². The highest BCUT2D eigenvalue weighted by Crippen LogP contribution is 2.49. The number of carbonyl (C=O) groups is 1. The molecule has 6 heteroatoms. The molecule has 0 saturated heterocycles. The lowest BCUT2D eigenvalue weighted by Gasteiger charge is -2.14. The van der Waals surface area contributed by atoms with Crippen molar-refractivity contribution < 1.29 is 9.18 Å². The van der Waals surface area contributed by atoms with Crippen molar-refractivity contribution in [1.82, 2.24) is 9.97 Å². The second-order valence-electron chi connectivity index (χ2n) is 5.82. The number of nitrogens with one attached hydrogen (secondary N) is 1. The van der Waals surface area contributed by atoms with E-state index in [0.29, 0.717) is 5.13 Å². The average molecular weight is 339 g/mol. The van der Waals surface area contributed by atoms with Crippen molar-refractivity contribution in [3.05, 3.63) is 65.6 Å². The Hall–Kier alpha value is -2.60. The third-order valence-electron chi connectivity index (χ3n) is 4.26. The van der Waals surface area contributed by atoms with Gasteiger partial charge < -0.3 is 5.32 Å². The Bertz CT molecular complexity index is 873. The predicted octanol–water partition coefficient (Wildman–Crippen LogP) is 4.01. The average Bonchev–Trinajstić information content (AvgIpc) is 3.30. The minimum atomic E-state index is -0.548. The highest BCUT2D eigenvalue weighted by molar-refractivity contribution is 7.14. The molecule has 1 amide bonds. The summed E-state index contributed by atoms with van der Waals surface area (Å²) in [5, 5.41) is 5.36. The van der Waals surface area contributed by atoms with Crippen molar-refractivity contribution >= 4 is 22.4 Å². The Morgan fingerprint density at radius 1 is 1.21 bits per heavy atom. The van der Waals surface area contributed by atoms with E-state index in [1.54, 1.807) is 24.5 Å². The SMILES string of the molecule is O=C(Nc1nc(-c2cccnc2)cs1)C1(c2ccc(F)cc2)CC1. The molecule has 0 atom stereocenters. The second-order valence-corrected chi connectivity index (χ2v) is 6.68. The molecule has 1 aliphatic rings. The quantitative estimate of drug-likeness (QED) is 0.781. The first-order valence-electron chi connectivity index (χ1n) is 7.61. The fraction of sp³-hybridized carbons (Fsp3) is 0.167. The summed E-state index contributed by atoms with van der Waals surface area (Å²) in [6, 6.07) is 9.93. The molecule has 2 heterocycles. The molecule has 0 radical (unpaired) electrons. The summed E-state index contributed by atoms with van der Waals surface area (Å²) in [4.78, 5) is 21.2. The van der Waals surface area contributed by atoms with Crippen LogP contribution in [-0.2, 0) is 10.2 Å². The number of amides is 1. The Balaban J connectivity index is 1.53. The molecular weight excluding hydrogens is 325 g/mol. The standard InChI is InChI=1S/C18H14FN3OS/c19-14-5-3-13(4-6-14)18(7-8-18)16(23)22-17-21-15(11-24-17)12-2-1-9-20-10-12/h1-6,9-11H,7-8H2,(H,21,22,23). The smallest absolute Gasteiger partial charge is 0.236 e. The highest BCUT2D eigenvalue weighted by atomic mass is 32.1. The first-order chi connectivity index (χ1) is 11.7. The number of benzene rings is 1. The van der Waals surface area contributed by atoms with Crippen LogP contribution >= 0.6 is 11.3 Å². The van der Waals surface area contributed by atoms with E-state index in [1.807, 2.05) is 17.5 Å². The van der Waals surface area contributed by atoms with Crippen LogP contribution in [0.2, 0.25) is 0 Å². The maximum Gasteiger partial charge on any atom is 0.236 e. The number of rotatable bonds is 4. The fourth-order valence-electron chi connectivity index (χ4n) is 2.74. The zero-order valence-electron chi connectivity index (χ0n) is 12.7.